The largest absolute Gasteiger partial charge is 0.386 e. The molecule has 36 heavy (non-hydrogen) atoms. The van der Waals surface area contributed by atoms with Crippen molar-refractivity contribution in [2.75, 3.05) is 0 Å². The molecule has 0 amide bonds. The molecule has 2 aliphatic heterocycles. The molecule has 2 saturated heterocycles. The highest BCUT2D eigenvalue weighted by Gasteiger charge is 2.44. The molecular formula is C30H54O6. The summed E-state index contributed by atoms with van der Waals surface area (Å²) in [5.41, 5.74) is 0. The van der Waals surface area contributed by atoms with E-state index in [4.69, 9.17) is 18.9 Å². The maximum absolute atomic E-state index is 10.2. The number of aliphatic hydroxyl groups is 2. The van der Waals surface area contributed by atoms with Crippen LogP contribution in [0.5, 0.6) is 0 Å². The third kappa shape index (κ3) is 12.1. The quantitative estimate of drug-likeness (QED) is 0.278. The van der Waals surface area contributed by atoms with Gasteiger partial charge in [-0.05, 0) is 58.8 Å². The van der Waals surface area contributed by atoms with Crippen LogP contribution >= 0.6 is 0 Å². The minimum absolute atomic E-state index is 0.0105. The number of allylic oxidation sites excluding steroid dienone is 1. The molecule has 0 aromatic heterocycles. The Kier molecular flexibility index (Phi) is 14.2. The van der Waals surface area contributed by atoms with E-state index in [1.165, 1.54) is 0 Å². The van der Waals surface area contributed by atoms with Crippen LogP contribution in [0.15, 0.2) is 12.2 Å². The fourth-order valence-electron chi connectivity index (χ4n) is 4.35. The molecule has 2 rings (SSSR count). The summed E-state index contributed by atoms with van der Waals surface area (Å²) in [7, 11) is 0. The summed E-state index contributed by atoms with van der Waals surface area (Å²) < 4.78 is 23.2. The van der Waals surface area contributed by atoms with E-state index in [9.17, 15) is 10.2 Å². The van der Waals surface area contributed by atoms with Crippen LogP contribution in [-0.4, -0.2) is 58.4 Å². The lowest BCUT2D eigenvalue weighted by Gasteiger charge is -2.20. The topological polar surface area (TPSA) is 77.4 Å². The number of hydrogen-bond acceptors (Lipinski definition) is 6. The third-order valence-electron chi connectivity index (χ3n) is 5.94. The standard InChI is InChI=1S/C15H28O3.C15H26O3/c2*1-6-8-13-14(18-15(4,5)17-13)12(16)10-7-9-11(2)3/h7,10-14,16H,6,8-9H2,1-5H3;11-14,16H,6,8-9H2,1-5H3/b10-7-;/t2*12?,13-,14?/m00/s1. The molecule has 6 nitrogen and oxygen atoms in total. The van der Waals surface area contributed by atoms with Gasteiger partial charge in [-0.2, -0.15) is 0 Å². The second kappa shape index (κ2) is 15.5. The van der Waals surface area contributed by atoms with Crippen LogP contribution in [0, 0.1) is 23.7 Å². The van der Waals surface area contributed by atoms with Gasteiger partial charge in [-0.1, -0.05) is 72.5 Å². The average molecular weight is 511 g/mol. The number of ether oxygens (including phenoxy) is 4. The van der Waals surface area contributed by atoms with E-state index in [2.05, 4.69) is 53.4 Å². The zero-order valence-corrected chi connectivity index (χ0v) is 24.5. The lowest BCUT2D eigenvalue weighted by molar-refractivity contribution is -0.153. The van der Waals surface area contributed by atoms with Gasteiger partial charge < -0.3 is 29.2 Å². The fraction of sp³-hybridized carbons (Fsp3) is 0.867. The van der Waals surface area contributed by atoms with Crippen molar-refractivity contribution >= 4 is 0 Å². The summed E-state index contributed by atoms with van der Waals surface area (Å²) in [6, 6.07) is 0. The minimum Gasteiger partial charge on any atom is -0.386 e. The van der Waals surface area contributed by atoms with Crippen LogP contribution < -0.4 is 0 Å². The first-order chi connectivity index (χ1) is 16.7. The van der Waals surface area contributed by atoms with Gasteiger partial charge in [0.1, 0.15) is 24.4 Å². The Morgan fingerprint density at radius 1 is 0.778 bits per heavy atom. The molecule has 0 saturated carbocycles. The Morgan fingerprint density at radius 2 is 1.28 bits per heavy atom. The molecule has 0 radical (unpaired) electrons. The summed E-state index contributed by atoms with van der Waals surface area (Å²) >= 11 is 0. The smallest absolute Gasteiger partial charge is 0.163 e. The minimum atomic E-state index is -0.762. The second-order valence-electron chi connectivity index (χ2n) is 11.8. The molecule has 4 unspecified atom stereocenters. The highest BCUT2D eigenvalue weighted by Crippen LogP contribution is 2.33. The van der Waals surface area contributed by atoms with Crippen molar-refractivity contribution in [3.05, 3.63) is 12.2 Å². The molecule has 6 atom stereocenters. The van der Waals surface area contributed by atoms with E-state index in [0.717, 1.165) is 38.5 Å². The van der Waals surface area contributed by atoms with Gasteiger partial charge >= 0.3 is 0 Å². The van der Waals surface area contributed by atoms with Gasteiger partial charge in [-0.25, -0.2) is 0 Å². The maximum Gasteiger partial charge on any atom is 0.163 e. The number of rotatable bonds is 10. The summed E-state index contributed by atoms with van der Waals surface area (Å²) in [5, 5.41) is 20.3. The van der Waals surface area contributed by atoms with Crippen molar-refractivity contribution in [2.24, 2.45) is 11.8 Å². The Bertz CT molecular complexity index is 702. The summed E-state index contributed by atoms with van der Waals surface area (Å²) in [6.45, 7) is 20.3. The second-order valence-corrected chi connectivity index (χ2v) is 11.8. The number of aliphatic hydroxyl groups excluding tert-OH is 2. The van der Waals surface area contributed by atoms with Gasteiger partial charge in [0, 0.05) is 6.42 Å². The first-order valence-corrected chi connectivity index (χ1v) is 13.9. The molecule has 6 heteroatoms. The molecule has 0 bridgehead atoms. The molecular weight excluding hydrogens is 456 g/mol. The first-order valence-electron chi connectivity index (χ1n) is 13.9. The van der Waals surface area contributed by atoms with Crippen molar-refractivity contribution in [1.29, 1.82) is 0 Å². The maximum atomic E-state index is 10.2. The number of hydrogen-bond donors (Lipinski definition) is 2. The van der Waals surface area contributed by atoms with Crippen molar-refractivity contribution in [1.82, 2.24) is 0 Å². The molecule has 2 aliphatic rings. The summed E-state index contributed by atoms with van der Waals surface area (Å²) in [5.74, 6) is 5.82. The lowest BCUT2D eigenvalue weighted by atomic mass is 10.0. The fourth-order valence-corrected chi connectivity index (χ4v) is 4.35. The molecule has 0 aromatic carbocycles. The van der Waals surface area contributed by atoms with Gasteiger partial charge in [-0.3, -0.25) is 0 Å². The highest BCUT2D eigenvalue weighted by atomic mass is 16.8. The molecule has 0 aromatic rings. The SMILES string of the molecule is CCC[C@@H]1OC(C)(C)OC1C(O)/C=C\CC(C)C.CCC[C@@H]1OC(C)(C)OC1C(O)C#CCC(C)C. The Morgan fingerprint density at radius 3 is 1.75 bits per heavy atom. The van der Waals surface area contributed by atoms with Crippen LogP contribution in [-0.2, 0) is 18.9 Å². The predicted molar refractivity (Wildman–Crippen MR) is 145 cm³/mol. The van der Waals surface area contributed by atoms with Crippen LogP contribution in [0.2, 0.25) is 0 Å². The van der Waals surface area contributed by atoms with Gasteiger partial charge in [-0.15, -0.1) is 5.92 Å². The van der Waals surface area contributed by atoms with Crippen molar-refractivity contribution in [3.63, 3.8) is 0 Å². The molecule has 210 valence electrons. The molecule has 0 spiro atoms. The summed E-state index contributed by atoms with van der Waals surface area (Å²) in [4.78, 5) is 0. The monoisotopic (exact) mass is 510 g/mol. The average Bonchev–Trinajstić information content (AvgIpc) is 3.22. The molecule has 2 N–H and O–H groups in total. The molecule has 2 heterocycles. The van der Waals surface area contributed by atoms with Gasteiger partial charge in [0.05, 0.1) is 12.2 Å². The molecule has 2 fully saturated rings. The zero-order chi connectivity index (χ0) is 27.5. The zero-order valence-electron chi connectivity index (χ0n) is 24.5. The third-order valence-corrected chi connectivity index (χ3v) is 5.94. The van der Waals surface area contributed by atoms with Crippen molar-refractivity contribution in [3.8, 4) is 11.8 Å². The van der Waals surface area contributed by atoms with Crippen LogP contribution in [0.1, 0.15) is 108 Å². The Balaban J connectivity index is 0.000000360. The van der Waals surface area contributed by atoms with Gasteiger partial charge in [0.25, 0.3) is 0 Å². The van der Waals surface area contributed by atoms with Crippen molar-refractivity contribution in [2.45, 2.75) is 156 Å². The van der Waals surface area contributed by atoms with E-state index in [1.54, 1.807) is 0 Å². The Hall–Kier alpha value is -0.940. The van der Waals surface area contributed by atoms with E-state index in [0.29, 0.717) is 11.8 Å². The van der Waals surface area contributed by atoms with E-state index >= 15 is 0 Å². The van der Waals surface area contributed by atoms with Crippen LogP contribution in [0.4, 0.5) is 0 Å². The Labute approximate surface area is 221 Å². The van der Waals surface area contributed by atoms with Crippen molar-refractivity contribution < 1.29 is 29.2 Å². The normalized spacial score (nSPS) is 28.6. The van der Waals surface area contributed by atoms with E-state index < -0.39 is 23.8 Å². The summed E-state index contributed by atoms with van der Waals surface area (Å²) in [6.07, 6.45) is 7.50. The van der Waals surface area contributed by atoms with Crippen LogP contribution in [0.3, 0.4) is 0 Å². The van der Waals surface area contributed by atoms with E-state index in [-0.39, 0.29) is 24.4 Å². The van der Waals surface area contributed by atoms with E-state index in [1.807, 2.05) is 39.8 Å². The lowest BCUT2D eigenvalue weighted by Crippen LogP contribution is -2.34. The first kappa shape index (κ1) is 33.1. The van der Waals surface area contributed by atoms with Gasteiger partial charge in [0.2, 0.25) is 0 Å². The highest BCUT2D eigenvalue weighted by molar-refractivity contribution is 5.09. The van der Waals surface area contributed by atoms with Gasteiger partial charge in [0.15, 0.2) is 11.6 Å². The van der Waals surface area contributed by atoms with Crippen LogP contribution in [0.25, 0.3) is 0 Å². The predicted octanol–water partition coefficient (Wildman–Crippen LogP) is 5.99. The molecule has 0 aliphatic carbocycles.